The van der Waals surface area contributed by atoms with E-state index in [2.05, 4.69) is 24.5 Å². The van der Waals surface area contributed by atoms with E-state index in [9.17, 15) is 19.5 Å². The van der Waals surface area contributed by atoms with Crippen molar-refractivity contribution in [3.8, 4) is 0 Å². The maximum atomic E-state index is 12.2. The standard InChI is InChI=1S/C34H66N2O4/c1-3-5-7-9-10-11-12-13-14-15-16-17-18-19-20-21-22-23-25-27-33(38)36-31(34(39)40)28-29-32(37)35-30-26-24-8-6-4-2/h31H,3-30H2,1-2H3,(H,35,37)(H,36,38)(H,39,40). The predicted molar refractivity (Wildman–Crippen MR) is 169 cm³/mol. The average Bonchev–Trinajstić information content (AvgIpc) is 2.94. The number of amides is 2. The second-order valence-electron chi connectivity index (χ2n) is 11.9. The van der Waals surface area contributed by atoms with E-state index in [1.165, 1.54) is 122 Å². The van der Waals surface area contributed by atoms with Gasteiger partial charge in [0.15, 0.2) is 0 Å². The SMILES string of the molecule is CCCCCCCCCCCCCCCCCCCCCC(=O)NC(CCC(=O)NCCCCCCC)C(=O)O. The molecule has 2 amide bonds. The molecule has 0 spiro atoms. The van der Waals surface area contributed by atoms with Crippen LogP contribution >= 0.6 is 0 Å². The summed E-state index contributed by atoms with van der Waals surface area (Å²) >= 11 is 0. The van der Waals surface area contributed by atoms with Gasteiger partial charge in [0.05, 0.1) is 0 Å². The molecule has 0 bridgehead atoms. The quantitative estimate of drug-likeness (QED) is 0.0729. The molecule has 0 rings (SSSR count). The number of aliphatic carboxylic acids is 1. The van der Waals surface area contributed by atoms with Gasteiger partial charge in [-0.25, -0.2) is 4.79 Å². The number of rotatable bonds is 31. The molecular weight excluding hydrogens is 500 g/mol. The largest absolute Gasteiger partial charge is 0.480 e. The molecule has 6 nitrogen and oxygen atoms in total. The van der Waals surface area contributed by atoms with E-state index in [4.69, 9.17) is 0 Å². The number of unbranched alkanes of at least 4 members (excludes halogenated alkanes) is 22. The van der Waals surface area contributed by atoms with E-state index < -0.39 is 12.0 Å². The molecule has 40 heavy (non-hydrogen) atoms. The molecule has 0 fully saturated rings. The van der Waals surface area contributed by atoms with Crippen molar-refractivity contribution in [1.29, 1.82) is 0 Å². The lowest BCUT2D eigenvalue weighted by Gasteiger charge is -2.14. The first-order valence-electron chi connectivity index (χ1n) is 17.3. The van der Waals surface area contributed by atoms with Gasteiger partial charge in [-0.15, -0.1) is 0 Å². The van der Waals surface area contributed by atoms with Crippen LogP contribution in [0.5, 0.6) is 0 Å². The van der Waals surface area contributed by atoms with Crippen molar-refractivity contribution in [2.75, 3.05) is 6.54 Å². The third-order valence-electron chi connectivity index (χ3n) is 7.90. The Morgan fingerprint density at radius 1 is 0.500 bits per heavy atom. The van der Waals surface area contributed by atoms with E-state index in [0.717, 1.165) is 32.1 Å². The first-order valence-corrected chi connectivity index (χ1v) is 17.3. The topological polar surface area (TPSA) is 95.5 Å². The Balaban J connectivity index is 3.56. The molecule has 3 N–H and O–H groups in total. The Morgan fingerprint density at radius 3 is 1.27 bits per heavy atom. The van der Waals surface area contributed by atoms with Crippen molar-refractivity contribution in [2.45, 2.75) is 193 Å². The van der Waals surface area contributed by atoms with Crippen LogP contribution in [0, 0.1) is 0 Å². The summed E-state index contributed by atoms with van der Waals surface area (Å²) in [5.74, 6) is -1.45. The number of carboxylic acid groups (broad SMARTS) is 1. The zero-order chi connectivity index (χ0) is 29.5. The number of carboxylic acids is 1. The van der Waals surface area contributed by atoms with Gasteiger partial charge in [0.2, 0.25) is 11.8 Å². The Labute approximate surface area is 247 Å². The molecule has 0 saturated carbocycles. The monoisotopic (exact) mass is 567 g/mol. The fourth-order valence-corrected chi connectivity index (χ4v) is 5.21. The first kappa shape index (κ1) is 38.4. The summed E-state index contributed by atoms with van der Waals surface area (Å²) < 4.78 is 0. The third kappa shape index (κ3) is 28.0. The summed E-state index contributed by atoms with van der Waals surface area (Å²) in [5, 5.41) is 14.9. The summed E-state index contributed by atoms with van der Waals surface area (Å²) in [4.78, 5) is 35.7. The van der Waals surface area contributed by atoms with Crippen LogP contribution in [0.3, 0.4) is 0 Å². The Kier molecular flexibility index (Phi) is 29.2. The lowest BCUT2D eigenvalue weighted by atomic mass is 10.0. The molecule has 0 aromatic rings. The van der Waals surface area contributed by atoms with Gasteiger partial charge in [0.25, 0.3) is 0 Å². The zero-order valence-corrected chi connectivity index (χ0v) is 26.5. The highest BCUT2D eigenvalue weighted by atomic mass is 16.4. The Hall–Kier alpha value is -1.59. The summed E-state index contributed by atoms with van der Waals surface area (Å²) in [6.45, 7) is 5.08. The van der Waals surface area contributed by atoms with Crippen LogP contribution < -0.4 is 10.6 Å². The molecular formula is C34H66N2O4. The molecule has 0 aliphatic rings. The predicted octanol–water partition coefficient (Wildman–Crippen LogP) is 9.24. The molecule has 0 aromatic carbocycles. The van der Waals surface area contributed by atoms with E-state index in [-0.39, 0.29) is 24.7 Å². The Bertz CT molecular complexity index is 596. The molecule has 0 aliphatic carbocycles. The molecule has 6 heteroatoms. The summed E-state index contributed by atoms with van der Waals surface area (Å²) in [6.07, 6.45) is 31.1. The van der Waals surface area contributed by atoms with Crippen LogP contribution in [0.15, 0.2) is 0 Å². The maximum absolute atomic E-state index is 12.2. The average molecular weight is 567 g/mol. The second-order valence-corrected chi connectivity index (χ2v) is 11.9. The zero-order valence-electron chi connectivity index (χ0n) is 26.5. The molecule has 0 saturated heterocycles. The molecule has 0 radical (unpaired) electrons. The number of hydrogen-bond acceptors (Lipinski definition) is 3. The van der Waals surface area contributed by atoms with Gasteiger partial charge in [-0.05, 0) is 19.3 Å². The van der Waals surface area contributed by atoms with Crippen molar-refractivity contribution in [2.24, 2.45) is 0 Å². The summed E-state index contributed by atoms with van der Waals surface area (Å²) in [6, 6.07) is -0.997. The van der Waals surface area contributed by atoms with Gasteiger partial charge in [-0.2, -0.15) is 0 Å². The van der Waals surface area contributed by atoms with E-state index >= 15 is 0 Å². The smallest absolute Gasteiger partial charge is 0.326 e. The normalized spacial score (nSPS) is 11.8. The third-order valence-corrected chi connectivity index (χ3v) is 7.90. The van der Waals surface area contributed by atoms with Crippen molar-refractivity contribution in [3.63, 3.8) is 0 Å². The van der Waals surface area contributed by atoms with Crippen molar-refractivity contribution in [1.82, 2.24) is 10.6 Å². The number of carbonyl (C=O) groups is 3. The van der Waals surface area contributed by atoms with Gasteiger partial charge in [0, 0.05) is 19.4 Å². The molecule has 0 aliphatic heterocycles. The molecule has 1 unspecified atom stereocenters. The van der Waals surface area contributed by atoms with Crippen LogP contribution in [0.4, 0.5) is 0 Å². The minimum atomic E-state index is -1.08. The minimum Gasteiger partial charge on any atom is -0.480 e. The van der Waals surface area contributed by atoms with Crippen LogP contribution in [0.2, 0.25) is 0 Å². The molecule has 236 valence electrons. The maximum Gasteiger partial charge on any atom is 0.326 e. The van der Waals surface area contributed by atoms with Crippen molar-refractivity contribution in [3.05, 3.63) is 0 Å². The summed E-state index contributed by atoms with van der Waals surface area (Å²) in [5.41, 5.74) is 0. The van der Waals surface area contributed by atoms with Gasteiger partial charge in [-0.3, -0.25) is 9.59 Å². The first-order chi connectivity index (χ1) is 19.5. The van der Waals surface area contributed by atoms with Gasteiger partial charge in [0.1, 0.15) is 6.04 Å². The minimum absolute atomic E-state index is 0.117. The van der Waals surface area contributed by atoms with Crippen LogP contribution in [-0.4, -0.2) is 35.5 Å². The lowest BCUT2D eigenvalue weighted by Crippen LogP contribution is -2.41. The second kappa shape index (κ2) is 30.4. The van der Waals surface area contributed by atoms with E-state index in [1.54, 1.807) is 0 Å². The highest BCUT2D eigenvalue weighted by molar-refractivity contribution is 5.84. The van der Waals surface area contributed by atoms with E-state index in [0.29, 0.717) is 13.0 Å². The highest BCUT2D eigenvalue weighted by Crippen LogP contribution is 2.15. The van der Waals surface area contributed by atoms with Crippen molar-refractivity contribution < 1.29 is 19.5 Å². The number of carbonyl (C=O) groups excluding carboxylic acids is 2. The highest BCUT2D eigenvalue weighted by Gasteiger charge is 2.20. The summed E-state index contributed by atoms with van der Waals surface area (Å²) in [7, 11) is 0. The Morgan fingerprint density at radius 2 is 0.875 bits per heavy atom. The fourth-order valence-electron chi connectivity index (χ4n) is 5.21. The van der Waals surface area contributed by atoms with Crippen LogP contribution in [0.25, 0.3) is 0 Å². The fraction of sp³-hybridized carbons (Fsp3) is 0.912. The van der Waals surface area contributed by atoms with Gasteiger partial charge >= 0.3 is 5.97 Å². The van der Waals surface area contributed by atoms with Crippen LogP contribution in [-0.2, 0) is 14.4 Å². The van der Waals surface area contributed by atoms with E-state index in [1.807, 2.05) is 0 Å². The van der Waals surface area contributed by atoms with Gasteiger partial charge in [-0.1, -0.05) is 155 Å². The number of nitrogens with one attached hydrogen (secondary N) is 2. The number of hydrogen-bond donors (Lipinski definition) is 3. The molecule has 0 heterocycles. The van der Waals surface area contributed by atoms with Crippen LogP contribution in [0.1, 0.15) is 187 Å². The molecule has 1 atom stereocenters. The molecule has 0 aromatic heterocycles. The van der Waals surface area contributed by atoms with Crippen molar-refractivity contribution >= 4 is 17.8 Å². The van der Waals surface area contributed by atoms with Gasteiger partial charge < -0.3 is 15.7 Å². The lowest BCUT2D eigenvalue weighted by molar-refractivity contribution is -0.142.